The lowest BCUT2D eigenvalue weighted by atomic mass is 10.1. The van der Waals surface area contributed by atoms with Crippen LogP contribution in [0.1, 0.15) is 22.3 Å². The maximum atomic E-state index is 12.9. The molecule has 0 atom stereocenters. The zero-order chi connectivity index (χ0) is 10.7. The van der Waals surface area contributed by atoms with Crippen LogP contribution in [0.15, 0.2) is 18.2 Å². The van der Waals surface area contributed by atoms with E-state index >= 15 is 0 Å². The van der Waals surface area contributed by atoms with Gasteiger partial charge in [0.25, 0.3) is 6.43 Å². The lowest BCUT2D eigenvalue weighted by molar-refractivity contribution is 0.0997. The Morgan fingerprint density at radius 2 is 2.07 bits per heavy atom. The molecule has 76 valence electrons. The number of benzene rings is 1. The molecule has 0 fully saturated rings. The van der Waals surface area contributed by atoms with Crippen molar-refractivity contribution in [3.05, 3.63) is 35.1 Å². The Kier molecular flexibility index (Phi) is 3.24. The van der Waals surface area contributed by atoms with E-state index in [1.54, 1.807) is 0 Å². The van der Waals surface area contributed by atoms with Crippen LogP contribution in [0.2, 0.25) is 0 Å². The van der Waals surface area contributed by atoms with Gasteiger partial charge in [0.15, 0.2) is 5.78 Å². The van der Waals surface area contributed by atoms with Gasteiger partial charge in [-0.3, -0.25) is 4.79 Å². The number of carbonyl (C=O) groups is 1. The van der Waals surface area contributed by atoms with E-state index in [-0.39, 0.29) is 11.1 Å². The Labute approximate surface area is 78.5 Å². The molecule has 0 heterocycles. The summed E-state index contributed by atoms with van der Waals surface area (Å²) in [5.41, 5.74) is 4.23. The second-order valence-electron chi connectivity index (χ2n) is 2.67. The molecule has 5 heteroatoms. The molecule has 1 aromatic carbocycles. The van der Waals surface area contributed by atoms with Crippen LogP contribution in [0.25, 0.3) is 0 Å². The highest BCUT2D eigenvalue weighted by molar-refractivity contribution is 5.97. The third-order valence-electron chi connectivity index (χ3n) is 1.73. The molecular weight excluding hydrogens is 195 g/mol. The first-order valence-corrected chi connectivity index (χ1v) is 3.87. The summed E-state index contributed by atoms with van der Waals surface area (Å²) < 4.78 is 37.3. The van der Waals surface area contributed by atoms with Crippen LogP contribution in [0, 0.1) is 5.82 Å². The number of rotatable bonds is 3. The van der Waals surface area contributed by atoms with Gasteiger partial charge in [-0.25, -0.2) is 13.2 Å². The standard InChI is InChI=1S/C9H8F3NO/c10-7-2-1-5(9(11)12)3-6(7)8(14)4-13/h1-3,9H,4,13H2. The highest BCUT2D eigenvalue weighted by Crippen LogP contribution is 2.21. The van der Waals surface area contributed by atoms with E-state index in [1.807, 2.05) is 0 Å². The second kappa shape index (κ2) is 4.23. The number of alkyl halides is 2. The Bertz CT molecular complexity index is 352. The zero-order valence-corrected chi connectivity index (χ0v) is 7.14. The fourth-order valence-electron chi connectivity index (χ4n) is 1.00. The third-order valence-corrected chi connectivity index (χ3v) is 1.73. The van der Waals surface area contributed by atoms with Crippen molar-refractivity contribution in [3.8, 4) is 0 Å². The molecule has 2 N–H and O–H groups in total. The number of ketones is 1. The van der Waals surface area contributed by atoms with E-state index in [4.69, 9.17) is 5.73 Å². The van der Waals surface area contributed by atoms with Crippen LogP contribution in [0.5, 0.6) is 0 Å². The maximum Gasteiger partial charge on any atom is 0.263 e. The molecule has 0 aliphatic carbocycles. The number of carbonyl (C=O) groups excluding carboxylic acids is 1. The molecule has 0 aromatic heterocycles. The Morgan fingerprint density at radius 3 is 2.57 bits per heavy atom. The molecule has 0 amide bonds. The molecule has 0 bridgehead atoms. The summed E-state index contributed by atoms with van der Waals surface area (Å²) in [6, 6.07) is 2.60. The fraction of sp³-hybridized carbons (Fsp3) is 0.222. The first kappa shape index (κ1) is 10.7. The minimum Gasteiger partial charge on any atom is -0.324 e. The van der Waals surface area contributed by atoms with Gasteiger partial charge in [0.1, 0.15) is 5.82 Å². The van der Waals surface area contributed by atoms with E-state index in [9.17, 15) is 18.0 Å². The normalized spacial score (nSPS) is 10.6. The third kappa shape index (κ3) is 2.11. The molecule has 0 saturated heterocycles. The van der Waals surface area contributed by atoms with E-state index < -0.39 is 24.6 Å². The minimum atomic E-state index is -2.72. The lowest BCUT2D eigenvalue weighted by Crippen LogP contribution is -2.15. The Balaban J connectivity index is 3.15. The van der Waals surface area contributed by atoms with E-state index in [1.165, 1.54) is 0 Å². The highest BCUT2D eigenvalue weighted by atomic mass is 19.3. The number of Topliss-reactive ketones (excluding diaryl/α,β-unsaturated/α-hetero) is 1. The van der Waals surface area contributed by atoms with Crippen molar-refractivity contribution >= 4 is 5.78 Å². The second-order valence-corrected chi connectivity index (χ2v) is 2.67. The van der Waals surface area contributed by atoms with Gasteiger partial charge in [0.2, 0.25) is 0 Å². The van der Waals surface area contributed by atoms with Gasteiger partial charge in [-0.15, -0.1) is 0 Å². The average molecular weight is 203 g/mol. The van der Waals surface area contributed by atoms with Gasteiger partial charge in [-0.05, 0) is 12.1 Å². The van der Waals surface area contributed by atoms with Gasteiger partial charge >= 0.3 is 0 Å². The molecule has 0 spiro atoms. The molecule has 14 heavy (non-hydrogen) atoms. The molecule has 0 saturated carbocycles. The first-order chi connectivity index (χ1) is 6.56. The first-order valence-electron chi connectivity index (χ1n) is 3.87. The van der Waals surface area contributed by atoms with Crippen LogP contribution < -0.4 is 5.73 Å². The number of nitrogens with two attached hydrogens (primary N) is 1. The van der Waals surface area contributed by atoms with Gasteiger partial charge in [-0.1, -0.05) is 6.07 Å². The highest BCUT2D eigenvalue weighted by Gasteiger charge is 2.14. The van der Waals surface area contributed by atoms with Gasteiger partial charge < -0.3 is 5.73 Å². The van der Waals surface area contributed by atoms with Crippen molar-refractivity contribution in [3.63, 3.8) is 0 Å². The quantitative estimate of drug-likeness (QED) is 0.762. The summed E-state index contributed by atoms with van der Waals surface area (Å²) in [6.45, 7) is -0.399. The van der Waals surface area contributed by atoms with Crippen LogP contribution >= 0.6 is 0 Å². The number of hydrogen-bond acceptors (Lipinski definition) is 2. The summed E-state index contributed by atoms with van der Waals surface area (Å²) in [5, 5.41) is 0. The van der Waals surface area contributed by atoms with E-state index in [0.29, 0.717) is 0 Å². The molecular formula is C9H8F3NO. The van der Waals surface area contributed by atoms with Crippen molar-refractivity contribution < 1.29 is 18.0 Å². The number of hydrogen-bond donors (Lipinski definition) is 1. The zero-order valence-electron chi connectivity index (χ0n) is 7.14. The predicted molar refractivity (Wildman–Crippen MR) is 44.7 cm³/mol. The van der Waals surface area contributed by atoms with E-state index in [2.05, 4.69) is 0 Å². The summed E-state index contributed by atoms with van der Waals surface area (Å²) in [6.07, 6.45) is -2.72. The lowest BCUT2D eigenvalue weighted by Gasteiger charge is -2.03. The molecule has 0 aliphatic heterocycles. The monoisotopic (exact) mass is 203 g/mol. The van der Waals surface area contributed by atoms with Crippen LogP contribution in [0.4, 0.5) is 13.2 Å². The van der Waals surface area contributed by atoms with E-state index in [0.717, 1.165) is 18.2 Å². The van der Waals surface area contributed by atoms with Crippen LogP contribution in [0.3, 0.4) is 0 Å². The summed E-state index contributed by atoms with van der Waals surface area (Å²) in [7, 11) is 0. The SMILES string of the molecule is NCC(=O)c1cc(C(F)F)ccc1F. The predicted octanol–water partition coefficient (Wildman–Crippen LogP) is 1.90. The van der Waals surface area contributed by atoms with Crippen molar-refractivity contribution in [1.29, 1.82) is 0 Å². The summed E-state index contributed by atoms with van der Waals surface area (Å²) in [4.78, 5) is 11.0. The smallest absolute Gasteiger partial charge is 0.263 e. The summed E-state index contributed by atoms with van der Waals surface area (Å²) >= 11 is 0. The van der Waals surface area contributed by atoms with Crippen LogP contribution in [-0.2, 0) is 0 Å². The molecule has 0 unspecified atom stereocenters. The van der Waals surface area contributed by atoms with Gasteiger partial charge in [0, 0.05) is 5.56 Å². The average Bonchev–Trinajstić information content (AvgIpc) is 2.17. The molecule has 0 aliphatic rings. The molecule has 1 aromatic rings. The largest absolute Gasteiger partial charge is 0.324 e. The minimum absolute atomic E-state index is 0.384. The fourth-order valence-corrected chi connectivity index (χ4v) is 1.00. The van der Waals surface area contributed by atoms with Crippen molar-refractivity contribution in [2.75, 3.05) is 6.54 Å². The van der Waals surface area contributed by atoms with Gasteiger partial charge in [0.05, 0.1) is 12.1 Å². The Morgan fingerprint density at radius 1 is 1.43 bits per heavy atom. The van der Waals surface area contributed by atoms with Gasteiger partial charge in [-0.2, -0.15) is 0 Å². The number of halogens is 3. The Hall–Kier alpha value is -1.36. The topological polar surface area (TPSA) is 43.1 Å². The van der Waals surface area contributed by atoms with Crippen molar-refractivity contribution in [1.82, 2.24) is 0 Å². The molecule has 1 rings (SSSR count). The summed E-state index contributed by atoms with van der Waals surface area (Å²) in [5.74, 6) is -1.52. The molecule has 0 radical (unpaired) electrons. The molecule has 2 nitrogen and oxygen atoms in total. The van der Waals surface area contributed by atoms with Crippen molar-refractivity contribution in [2.24, 2.45) is 5.73 Å². The van der Waals surface area contributed by atoms with Crippen molar-refractivity contribution in [2.45, 2.75) is 6.43 Å². The van der Waals surface area contributed by atoms with Crippen LogP contribution in [-0.4, -0.2) is 12.3 Å². The maximum absolute atomic E-state index is 12.9.